The molecule has 0 bridgehead atoms. The van der Waals surface area contributed by atoms with E-state index in [9.17, 15) is 4.79 Å². The molecule has 0 heterocycles. The average Bonchev–Trinajstić information content (AvgIpc) is 2.44. The Labute approximate surface area is 129 Å². The standard InChI is InChI=1S/C4H6NO2.3C4H9.Sn/c1-2-3-7-4(5)6;3*1-3-4-2;/h1-2H,3H2,(H2,5,6);3*1,3-4H2,2H3;. The van der Waals surface area contributed by atoms with Gasteiger partial charge in [-0.1, -0.05) is 0 Å². The van der Waals surface area contributed by atoms with Crippen LogP contribution >= 0.6 is 0 Å². The van der Waals surface area contributed by atoms with Crippen molar-refractivity contribution in [3.8, 4) is 0 Å². The fourth-order valence-corrected chi connectivity index (χ4v) is 17.0. The number of unbranched alkanes of at least 4 members (excludes halogenated alkanes) is 3. The van der Waals surface area contributed by atoms with Crippen LogP contribution in [0, 0.1) is 0 Å². The van der Waals surface area contributed by atoms with Crippen LogP contribution in [-0.2, 0) is 4.74 Å². The van der Waals surface area contributed by atoms with Crippen molar-refractivity contribution in [1.29, 1.82) is 0 Å². The van der Waals surface area contributed by atoms with Gasteiger partial charge in [-0.05, 0) is 0 Å². The third kappa shape index (κ3) is 9.67. The predicted octanol–water partition coefficient (Wildman–Crippen LogP) is 5.03. The zero-order chi connectivity index (χ0) is 15.3. The number of primary amides is 1. The van der Waals surface area contributed by atoms with Crippen LogP contribution in [0.2, 0.25) is 13.3 Å². The summed E-state index contributed by atoms with van der Waals surface area (Å²) in [6.07, 6.45) is 9.29. The molecule has 0 aromatic carbocycles. The Morgan fingerprint density at radius 2 is 1.45 bits per heavy atom. The van der Waals surface area contributed by atoms with E-state index in [0.717, 1.165) is 0 Å². The van der Waals surface area contributed by atoms with Gasteiger partial charge in [-0.25, -0.2) is 0 Å². The second-order valence-electron chi connectivity index (χ2n) is 5.71. The van der Waals surface area contributed by atoms with E-state index in [-0.39, 0.29) is 0 Å². The molecule has 0 saturated heterocycles. The number of carbonyl (C=O) groups is 1. The number of nitrogens with two attached hydrogens (primary N) is 1. The Morgan fingerprint density at radius 3 is 1.80 bits per heavy atom. The van der Waals surface area contributed by atoms with Gasteiger partial charge in [0.25, 0.3) is 0 Å². The van der Waals surface area contributed by atoms with E-state index in [1.807, 2.05) is 0 Å². The number of carbonyl (C=O) groups excluding carboxylic acids is 1. The summed E-state index contributed by atoms with van der Waals surface area (Å²) in [5.41, 5.74) is 5.00. The predicted molar refractivity (Wildman–Crippen MR) is 89.6 cm³/mol. The zero-order valence-corrected chi connectivity index (χ0v) is 16.5. The molecule has 0 atom stereocenters. The first-order valence-electron chi connectivity index (χ1n) is 8.20. The Bertz CT molecular complexity index is 258. The van der Waals surface area contributed by atoms with E-state index in [1.165, 1.54) is 51.8 Å². The van der Waals surface area contributed by atoms with Crippen molar-refractivity contribution >= 4 is 24.5 Å². The molecule has 4 heteroatoms. The molecule has 0 aromatic heterocycles. The Hall–Kier alpha value is -0.191. The molecule has 0 unspecified atom stereocenters. The Kier molecular flexibility index (Phi) is 12.4. The second-order valence-corrected chi connectivity index (χ2v) is 18.7. The molecule has 118 valence electrons. The first-order chi connectivity index (χ1) is 9.60. The Morgan fingerprint density at radius 1 is 1.00 bits per heavy atom. The van der Waals surface area contributed by atoms with E-state index in [2.05, 4.69) is 30.9 Å². The SMILES string of the molecule is CCC[CH2][Sn](/[CH]=C/COC(N)=O)([CH2]CCC)[CH2]CCC. The van der Waals surface area contributed by atoms with Crippen LogP contribution in [0.1, 0.15) is 59.3 Å². The summed E-state index contributed by atoms with van der Waals surface area (Å²) in [5, 5.41) is 0. The van der Waals surface area contributed by atoms with Crippen LogP contribution in [0.15, 0.2) is 10.2 Å². The fourth-order valence-electron chi connectivity index (χ4n) is 2.64. The van der Waals surface area contributed by atoms with E-state index in [1.54, 1.807) is 0 Å². The molecule has 0 radical (unpaired) electrons. The van der Waals surface area contributed by atoms with Crippen molar-refractivity contribution in [2.24, 2.45) is 5.73 Å². The van der Waals surface area contributed by atoms with Gasteiger partial charge in [-0.2, -0.15) is 0 Å². The van der Waals surface area contributed by atoms with Crippen molar-refractivity contribution < 1.29 is 9.53 Å². The maximum absolute atomic E-state index is 10.6. The molecule has 1 amide bonds. The third-order valence-corrected chi connectivity index (χ3v) is 18.1. The van der Waals surface area contributed by atoms with E-state index >= 15 is 0 Å². The van der Waals surface area contributed by atoms with Crippen molar-refractivity contribution in [2.45, 2.75) is 72.6 Å². The van der Waals surface area contributed by atoms with Crippen LogP contribution in [0.5, 0.6) is 0 Å². The summed E-state index contributed by atoms with van der Waals surface area (Å²) in [5.74, 6) is 0. The number of ether oxygens (including phenoxy) is 1. The molecule has 20 heavy (non-hydrogen) atoms. The fraction of sp³-hybridized carbons (Fsp3) is 0.812. The minimum atomic E-state index is -2.17. The van der Waals surface area contributed by atoms with Gasteiger partial charge in [-0.3, -0.25) is 0 Å². The summed E-state index contributed by atoms with van der Waals surface area (Å²) in [4.78, 5) is 10.6. The number of amides is 1. The van der Waals surface area contributed by atoms with E-state index in [0.29, 0.717) is 6.61 Å². The molecule has 0 fully saturated rings. The van der Waals surface area contributed by atoms with Gasteiger partial charge >= 0.3 is 129 Å². The van der Waals surface area contributed by atoms with Crippen molar-refractivity contribution in [2.75, 3.05) is 6.61 Å². The van der Waals surface area contributed by atoms with Crippen LogP contribution in [0.4, 0.5) is 4.79 Å². The van der Waals surface area contributed by atoms with Gasteiger partial charge in [0.15, 0.2) is 0 Å². The summed E-state index contributed by atoms with van der Waals surface area (Å²) in [6.45, 7) is 7.17. The van der Waals surface area contributed by atoms with Crippen LogP contribution < -0.4 is 5.73 Å². The molecular weight excluding hydrogens is 357 g/mol. The molecule has 0 rings (SSSR count). The maximum atomic E-state index is 10.6. The first kappa shape index (κ1) is 19.8. The molecule has 0 spiro atoms. The van der Waals surface area contributed by atoms with E-state index in [4.69, 9.17) is 10.5 Å². The summed E-state index contributed by atoms with van der Waals surface area (Å²) in [7, 11) is 0. The van der Waals surface area contributed by atoms with Gasteiger partial charge in [0, 0.05) is 0 Å². The third-order valence-electron chi connectivity index (χ3n) is 3.88. The zero-order valence-electron chi connectivity index (χ0n) is 13.6. The Balaban J connectivity index is 4.68. The van der Waals surface area contributed by atoms with Crippen LogP contribution in [0.25, 0.3) is 0 Å². The van der Waals surface area contributed by atoms with Crippen molar-refractivity contribution in [3.63, 3.8) is 0 Å². The second kappa shape index (κ2) is 12.5. The van der Waals surface area contributed by atoms with Crippen molar-refractivity contribution in [1.82, 2.24) is 0 Å². The van der Waals surface area contributed by atoms with E-state index < -0.39 is 24.5 Å². The number of hydrogen-bond acceptors (Lipinski definition) is 2. The van der Waals surface area contributed by atoms with Crippen LogP contribution in [0.3, 0.4) is 0 Å². The molecular formula is C16H33NO2Sn. The number of hydrogen-bond donors (Lipinski definition) is 1. The summed E-state index contributed by atoms with van der Waals surface area (Å²) < 4.78 is 11.7. The van der Waals surface area contributed by atoms with Gasteiger partial charge in [0.2, 0.25) is 0 Å². The quantitative estimate of drug-likeness (QED) is 0.476. The normalized spacial score (nSPS) is 11.9. The minimum absolute atomic E-state index is 0.346. The van der Waals surface area contributed by atoms with Gasteiger partial charge in [0.1, 0.15) is 0 Å². The van der Waals surface area contributed by atoms with Crippen LogP contribution in [-0.4, -0.2) is 31.1 Å². The summed E-state index contributed by atoms with van der Waals surface area (Å²) >= 11 is -2.17. The average molecular weight is 390 g/mol. The number of rotatable bonds is 12. The molecule has 0 aliphatic heterocycles. The molecule has 3 nitrogen and oxygen atoms in total. The monoisotopic (exact) mass is 391 g/mol. The molecule has 0 saturated carbocycles. The molecule has 2 N–H and O–H groups in total. The van der Waals surface area contributed by atoms with Gasteiger partial charge in [-0.15, -0.1) is 0 Å². The first-order valence-corrected chi connectivity index (χ1v) is 15.9. The van der Waals surface area contributed by atoms with Gasteiger partial charge in [0.05, 0.1) is 0 Å². The molecule has 0 aliphatic carbocycles. The van der Waals surface area contributed by atoms with Crippen molar-refractivity contribution in [3.05, 3.63) is 10.2 Å². The molecule has 0 aliphatic rings. The van der Waals surface area contributed by atoms with Gasteiger partial charge < -0.3 is 0 Å². The topological polar surface area (TPSA) is 52.3 Å². The summed E-state index contributed by atoms with van der Waals surface area (Å²) in [6, 6.07) is 0. The molecule has 0 aromatic rings.